The van der Waals surface area contributed by atoms with E-state index in [9.17, 15) is 20.0 Å². The second-order valence-corrected chi connectivity index (χ2v) is 10.1. The first-order valence-corrected chi connectivity index (χ1v) is 11.2. The second-order valence-electron chi connectivity index (χ2n) is 9.22. The minimum Gasteiger partial charge on any atom is -0.871 e. The molecule has 1 N–H and O–H groups in total. The molecule has 2 aliphatic rings. The first-order valence-electron chi connectivity index (χ1n) is 10.4. The smallest absolute Gasteiger partial charge is 0.270 e. The molecule has 0 amide bonds. The number of nitro benzene ring substituents is 1. The molecule has 32 heavy (non-hydrogen) atoms. The van der Waals surface area contributed by atoms with E-state index >= 15 is 0 Å². The van der Waals surface area contributed by atoms with Gasteiger partial charge in [0, 0.05) is 39.9 Å². The largest absolute Gasteiger partial charge is 0.871 e. The summed E-state index contributed by atoms with van der Waals surface area (Å²) in [5.74, 6) is -0.392. The molecule has 0 radical (unpaired) electrons. The number of non-ortho nitro benzene ring substituents is 1. The Hall–Kier alpha value is -3.19. The lowest BCUT2D eigenvalue weighted by molar-refractivity contribution is -0.385. The topological polar surface area (TPSA) is 95.3 Å². The number of fused-ring (bicyclic) bond motifs is 4. The maximum atomic E-state index is 13.4. The summed E-state index contributed by atoms with van der Waals surface area (Å²) < 4.78 is 0.110. The number of Topliss-reactive ketones (excluding diaryl/α,β-unsaturated/α-hetero) is 1. The molecule has 0 spiro atoms. The number of nitrogens with zero attached hydrogens (tertiary/aromatic N) is 1. The quantitative estimate of drug-likeness (QED) is 0.355. The Morgan fingerprint density at radius 2 is 1.88 bits per heavy atom. The lowest BCUT2D eigenvalue weighted by Crippen LogP contribution is -2.33. The molecule has 1 aliphatic heterocycles. The van der Waals surface area contributed by atoms with E-state index in [2.05, 4.69) is 35.1 Å². The van der Waals surface area contributed by atoms with Crippen molar-refractivity contribution in [1.82, 2.24) is 0 Å². The van der Waals surface area contributed by atoms with Crippen molar-refractivity contribution in [2.24, 2.45) is 5.41 Å². The number of benzene rings is 3. The van der Waals surface area contributed by atoms with Gasteiger partial charge in [-0.25, -0.2) is 0 Å². The van der Waals surface area contributed by atoms with Crippen LogP contribution >= 0.6 is 15.9 Å². The minimum atomic E-state index is -0.744. The Morgan fingerprint density at radius 1 is 1.12 bits per heavy atom. The van der Waals surface area contributed by atoms with Crippen molar-refractivity contribution >= 4 is 49.4 Å². The van der Waals surface area contributed by atoms with Crippen molar-refractivity contribution in [3.05, 3.63) is 79.8 Å². The molecule has 0 saturated heterocycles. The average molecular weight is 492 g/mol. The van der Waals surface area contributed by atoms with Gasteiger partial charge in [0.25, 0.3) is 5.69 Å². The first-order chi connectivity index (χ1) is 15.2. The van der Waals surface area contributed by atoms with Crippen LogP contribution in [0.5, 0.6) is 5.75 Å². The Morgan fingerprint density at radius 3 is 2.62 bits per heavy atom. The van der Waals surface area contributed by atoms with Gasteiger partial charge in [0.15, 0.2) is 5.78 Å². The van der Waals surface area contributed by atoms with Crippen molar-refractivity contribution in [2.75, 3.05) is 5.32 Å². The zero-order valence-electron chi connectivity index (χ0n) is 17.6. The van der Waals surface area contributed by atoms with E-state index in [1.165, 1.54) is 12.1 Å². The van der Waals surface area contributed by atoms with Gasteiger partial charge in [-0.3, -0.25) is 14.9 Å². The minimum absolute atomic E-state index is 0.0330. The molecule has 0 unspecified atom stereocenters. The first kappa shape index (κ1) is 20.7. The molecule has 5 rings (SSSR count). The molecule has 3 aromatic rings. The Bertz CT molecular complexity index is 1360. The van der Waals surface area contributed by atoms with Gasteiger partial charge < -0.3 is 10.4 Å². The van der Waals surface area contributed by atoms with Gasteiger partial charge in [0.05, 0.1) is 11.0 Å². The van der Waals surface area contributed by atoms with Gasteiger partial charge in [0.2, 0.25) is 0 Å². The zero-order chi connectivity index (χ0) is 22.8. The van der Waals surface area contributed by atoms with E-state index in [4.69, 9.17) is 0 Å². The highest BCUT2D eigenvalue weighted by Crippen LogP contribution is 2.53. The van der Waals surface area contributed by atoms with E-state index in [0.29, 0.717) is 18.4 Å². The number of anilines is 1. The maximum absolute atomic E-state index is 13.4. The molecule has 6 nitrogen and oxygen atoms in total. The molecule has 1 atom stereocenters. The highest BCUT2D eigenvalue weighted by molar-refractivity contribution is 9.10. The summed E-state index contributed by atoms with van der Waals surface area (Å²) in [6.07, 6.45) is 1.03. The fourth-order valence-corrected chi connectivity index (χ4v) is 5.45. The van der Waals surface area contributed by atoms with E-state index in [1.807, 2.05) is 36.4 Å². The second kappa shape index (κ2) is 7.17. The molecule has 1 heterocycles. The molecule has 0 aromatic heterocycles. The van der Waals surface area contributed by atoms with Crippen LogP contribution in [0, 0.1) is 15.5 Å². The van der Waals surface area contributed by atoms with Gasteiger partial charge >= 0.3 is 0 Å². The predicted molar refractivity (Wildman–Crippen MR) is 125 cm³/mol. The molecule has 7 heteroatoms. The summed E-state index contributed by atoms with van der Waals surface area (Å²) in [4.78, 5) is 24.4. The summed E-state index contributed by atoms with van der Waals surface area (Å²) in [7, 11) is 0. The van der Waals surface area contributed by atoms with Crippen LogP contribution in [0.15, 0.2) is 58.6 Å². The van der Waals surface area contributed by atoms with E-state index in [0.717, 1.165) is 27.6 Å². The number of nitro groups is 1. The van der Waals surface area contributed by atoms with Gasteiger partial charge in [-0.1, -0.05) is 65.9 Å². The van der Waals surface area contributed by atoms with Crippen LogP contribution in [0.4, 0.5) is 11.4 Å². The normalized spacial score (nSPS) is 19.3. The maximum Gasteiger partial charge on any atom is 0.270 e. The third-order valence-corrected chi connectivity index (χ3v) is 6.91. The number of halogens is 1. The third-order valence-electron chi connectivity index (χ3n) is 6.32. The molecule has 1 aliphatic carbocycles. The number of allylic oxidation sites excluding steroid dienone is 1. The predicted octanol–water partition coefficient (Wildman–Crippen LogP) is 5.89. The Balaban J connectivity index is 1.82. The third kappa shape index (κ3) is 3.19. The van der Waals surface area contributed by atoms with Crippen LogP contribution in [0.2, 0.25) is 0 Å². The van der Waals surface area contributed by atoms with Crippen molar-refractivity contribution in [3.63, 3.8) is 0 Å². The number of rotatable bonds is 2. The summed E-state index contributed by atoms with van der Waals surface area (Å²) in [6.45, 7) is 4.14. The summed E-state index contributed by atoms with van der Waals surface area (Å²) in [6, 6.07) is 13.7. The number of nitrogens with one attached hydrogen (secondary N) is 1. The molecular weight excluding hydrogens is 472 g/mol. The average Bonchev–Trinajstić information content (AvgIpc) is 2.73. The molecule has 0 saturated carbocycles. The number of carbonyl (C=O) groups is 1. The summed E-state index contributed by atoms with van der Waals surface area (Å²) in [5, 5.41) is 30.0. The number of hydrogen-bond donors (Lipinski definition) is 1. The van der Waals surface area contributed by atoms with Gasteiger partial charge in [-0.2, -0.15) is 0 Å². The molecule has 162 valence electrons. The van der Waals surface area contributed by atoms with Crippen molar-refractivity contribution in [3.8, 4) is 5.75 Å². The summed E-state index contributed by atoms with van der Waals surface area (Å²) >= 11 is 3.17. The SMILES string of the molecule is CC1(C)CC(=O)C2=C(C1)c1c(ccc3ccccc13)N[C@@H]2c1cc([N+](=O)[O-])cc(Br)c1[O-]. The van der Waals surface area contributed by atoms with Crippen LogP contribution in [-0.4, -0.2) is 10.7 Å². The van der Waals surface area contributed by atoms with Crippen LogP contribution < -0.4 is 10.4 Å². The van der Waals surface area contributed by atoms with Crippen LogP contribution in [0.1, 0.15) is 43.9 Å². The summed E-state index contributed by atoms with van der Waals surface area (Å²) in [5.41, 5.74) is 3.04. The number of hydrogen-bond acceptors (Lipinski definition) is 5. The van der Waals surface area contributed by atoms with E-state index in [1.54, 1.807) is 0 Å². The zero-order valence-corrected chi connectivity index (χ0v) is 19.2. The van der Waals surface area contributed by atoms with E-state index < -0.39 is 11.0 Å². The highest BCUT2D eigenvalue weighted by atomic mass is 79.9. The lowest BCUT2D eigenvalue weighted by Gasteiger charge is -2.41. The molecular formula is C25H20BrN2O4-. The Labute approximate surface area is 193 Å². The van der Waals surface area contributed by atoms with Gasteiger partial charge in [0.1, 0.15) is 0 Å². The monoisotopic (exact) mass is 491 g/mol. The molecule has 0 bridgehead atoms. The lowest BCUT2D eigenvalue weighted by atomic mass is 9.67. The Kier molecular flexibility index (Phi) is 4.64. The van der Waals surface area contributed by atoms with Crippen LogP contribution in [-0.2, 0) is 4.79 Å². The molecule has 0 fully saturated rings. The van der Waals surface area contributed by atoms with Crippen LogP contribution in [0.25, 0.3) is 16.3 Å². The fourth-order valence-electron chi connectivity index (χ4n) is 4.99. The molecule has 3 aromatic carbocycles. The fraction of sp³-hybridized carbons (Fsp3) is 0.240. The van der Waals surface area contributed by atoms with Crippen molar-refractivity contribution in [2.45, 2.75) is 32.7 Å². The van der Waals surface area contributed by atoms with Crippen molar-refractivity contribution < 1.29 is 14.8 Å². The van der Waals surface area contributed by atoms with Crippen molar-refractivity contribution in [1.29, 1.82) is 0 Å². The van der Waals surface area contributed by atoms with Gasteiger partial charge in [-0.05, 0) is 39.8 Å². The number of ketones is 1. The van der Waals surface area contributed by atoms with Crippen LogP contribution in [0.3, 0.4) is 0 Å². The highest BCUT2D eigenvalue weighted by Gasteiger charge is 2.41. The van der Waals surface area contributed by atoms with Gasteiger partial charge in [-0.15, -0.1) is 0 Å². The van der Waals surface area contributed by atoms with E-state index in [-0.39, 0.29) is 32.7 Å². The number of carbonyl (C=O) groups excluding carboxylic acids is 1. The standard InChI is InChI=1S/C25H21BrN2O4/c1-25(2)11-17-21-15-6-4-3-5-13(15)7-8-19(21)27-23(22(17)20(29)12-25)16-9-14(28(31)32)10-18(26)24(16)30/h3-10,23,27,30H,11-12H2,1-2H3/p-1/t23-/m1/s1.